The molecule has 1 heterocycles. The number of nitrogens with one attached hydrogen (secondary N) is 1. The van der Waals surface area contributed by atoms with Crippen LogP contribution in [0.3, 0.4) is 0 Å². The summed E-state index contributed by atoms with van der Waals surface area (Å²) in [4.78, 5) is 0.241. The molecule has 1 fully saturated rings. The molecule has 0 aromatic heterocycles. The third-order valence-electron chi connectivity index (χ3n) is 5.40. The fourth-order valence-corrected chi connectivity index (χ4v) is 6.11. The highest BCUT2D eigenvalue weighted by Gasteiger charge is 2.38. The van der Waals surface area contributed by atoms with Crippen molar-refractivity contribution in [1.29, 1.82) is 0 Å². The highest BCUT2D eigenvalue weighted by atomic mass is 32.2. The van der Waals surface area contributed by atoms with Crippen LogP contribution in [-0.2, 0) is 16.6 Å². The van der Waals surface area contributed by atoms with Gasteiger partial charge in [-0.1, -0.05) is 42.5 Å². The van der Waals surface area contributed by atoms with Gasteiger partial charge in [-0.25, -0.2) is 17.2 Å². The van der Waals surface area contributed by atoms with Gasteiger partial charge in [0, 0.05) is 36.5 Å². The summed E-state index contributed by atoms with van der Waals surface area (Å²) >= 11 is 4.49. The van der Waals surface area contributed by atoms with E-state index in [0.29, 0.717) is 19.5 Å². The number of halogens is 2. The molecule has 30 heavy (non-hydrogen) atoms. The molecule has 0 radical (unpaired) electrons. The van der Waals surface area contributed by atoms with Crippen molar-refractivity contribution < 1.29 is 17.2 Å². The van der Waals surface area contributed by atoms with Crippen LogP contribution in [0, 0.1) is 11.6 Å². The summed E-state index contributed by atoms with van der Waals surface area (Å²) in [7, 11) is -3.71. The number of rotatable bonds is 6. The van der Waals surface area contributed by atoms with Crippen LogP contribution in [0.25, 0.3) is 10.8 Å². The van der Waals surface area contributed by atoms with Gasteiger partial charge in [-0.2, -0.15) is 16.9 Å². The first kappa shape index (κ1) is 21.2. The molecular weight excluding hydrogens is 426 g/mol. The van der Waals surface area contributed by atoms with Gasteiger partial charge >= 0.3 is 0 Å². The third-order valence-corrected chi connectivity index (χ3v) is 7.69. The van der Waals surface area contributed by atoms with Crippen molar-refractivity contribution in [3.05, 3.63) is 77.9 Å². The summed E-state index contributed by atoms with van der Waals surface area (Å²) in [6.45, 7) is 0.736. The molecule has 4 rings (SSSR count). The first-order chi connectivity index (χ1) is 14.4. The molecule has 0 amide bonds. The Bertz CT molecular complexity index is 1170. The van der Waals surface area contributed by atoms with Crippen molar-refractivity contribution in [2.75, 3.05) is 13.1 Å². The first-order valence-corrected chi connectivity index (χ1v) is 11.6. The van der Waals surface area contributed by atoms with Gasteiger partial charge in [-0.15, -0.1) is 0 Å². The maximum Gasteiger partial charge on any atom is 0.243 e. The number of thiol groups is 1. The van der Waals surface area contributed by atoms with Crippen LogP contribution < -0.4 is 5.32 Å². The molecule has 0 saturated carbocycles. The largest absolute Gasteiger partial charge is 0.311 e. The molecule has 8 heteroatoms. The van der Waals surface area contributed by atoms with Crippen LogP contribution in [0.15, 0.2) is 65.6 Å². The zero-order chi connectivity index (χ0) is 21.3. The highest BCUT2D eigenvalue weighted by molar-refractivity contribution is 7.89. The monoisotopic (exact) mass is 448 g/mol. The highest BCUT2D eigenvalue weighted by Crippen LogP contribution is 2.30. The van der Waals surface area contributed by atoms with Crippen LogP contribution in [-0.4, -0.2) is 37.1 Å². The topological polar surface area (TPSA) is 49.4 Å². The lowest BCUT2D eigenvalue weighted by atomic mass is 10.1. The molecular formula is C22H22F2N2O2S2. The van der Waals surface area contributed by atoms with Gasteiger partial charge in [-0.05, 0) is 35.4 Å². The minimum absolute atomic E-state index is 0.0852. The quantitative estimate of drug-likeness (QED) is 0.561. The number of hydrogen-bond donors (Lipinski definition) is 2. The normalized spacial score (nSPS) is 20.1. The summed E-state index contributed by atoms with van der Waals surface area (Å²) in [6, 6.07) is 16.4. The van der Waals surface area contributed by atoms with Crippen LogP contribution >= 0.6 is 12.6 Å². The Kier molecular flexibility index (Phi) is 6.11. The second-order valence-corrected chi connectivity index (χ2v) is 10.1. The Morgan fingerprint density at radius 2 is 1.80 bits per heavy atom. The van der Waals surface area contributed by atoms with Crippen molar-refractivity contribution in [2.45, 2.75) is 29.2 Å². The van der Waals surface area contributed by atoms with E-state index in [9.17, 15) is 17.2 Å². The van der Waals surface area contributed by atoms with Crippen LogP contribution in [0.2, 0.25) is 0 Å². The molecule has 0 bridgehead atoms. The summed E-state index contributed by atoms with van der Waals surface area (Å²) in [5.74, 6) is -1.78. The van der Waals surface area contributed by atoms with Crippen molar-refractivity contribution in [3.63, 3.8) is 0 Å². The number of fused-ring (bicyclic) bond motifs is 1. The van der Waals surface area contributed by atoms with Gasteiger partial charge in [-0.3, -0.25) is 0 Å². The number of benzene rings is 3. The number of hydrogen-bond acceptors (Lipinski definition) is 4. The zero-order valence-corrected chi connectivity index (χ0v) is 17.8. The van der Waals surface area contributed by atoms with Gasteiger partial charge in [0.1, 0.15) is 0 Å². The lowest BCUT2D eigenvalue weighted by molar-refractivity contribution is 0.370. The maximum atomic E-state index is 13.8. The molecule has 1 N–H and O–H groups in total. The standard InChI is InChI=1S/C22H22F2N2O2S2/c23-21-7-3-6-17(22(21)24)12-25-13-18-11-19(29)14-26(18)30(27,28)20-9-8-15-4-1-2-5-16(15)10-20/h1-10,18-19,25,29H,11-14H2/t18-,19+/m0/s1. The first-order valence-electron chi connectivity index (χ1n) is 9.68. The molecule has 0 spiro atoms. The lowest BCUT2D eigenvalue weighted by Gasteiger charge is -2.24. The van der Waals surface area contributed by atoms with Crippen molar-refractivity contribution >= 4 is 33.4 Å². The van der Waals surface area contributed by atoms with E-state index in [2.05, 4.69) is 17.9 Å². The fourth-order valence-electron chi connectivity index (χ4n) is 3.86. The molecule has 158 valence electrons. The molecule has 1 saturated heterocycles. The summed E-state index contributed by atoms with van der Waals surface area (Å²) < 4.78 is 55.3. The smallest absolute Gasteiger partial charge is 0.243 e. The van der Waals surface area contributed by atoms with Crippen LogP contribution in [0.5, 0.6) is 0 Å². The minimum atomic E-state index is -3.71. The van der Waals surface area contributed by atoms with E-state index in [4.69, 9.17) is 0 Å². The second kappa shape index (κ2) is 8.63. The van der Waals surface area contributed by atoms with E-state index in [-0.39, 0.29) is 28.3 Å². The van der Waals surface area contributed by atoms with E-state index in [0.717, 1.165) is 16.8 Å². The van der Waals surface area contributed by atoms with Gasteiger partial charge < -0.3 is 5.32 Å². The Balaban J connectivity index is 1.51. The van der Waals surface area contributed by atoms with Gasteiger partial charge in [0.25, 0.3) is 0 Å². The molecule has 4 nitrogen and oxygen atoms in total. The van der Waals surface area contributed by atoms with Crippen LogP contribution in [0.1, 0.15) is 12.0 Å². The average Bonchev–Trinajstić information content (AvgIpc) is 3.12. The van der Waals surface area contributed by atoms with E-state index < -0.39 is 21.7 Å². The molecule has 0 unspecified atom stereocenters. The van der Waals surface area contributed by atoms with Crippen molar-refractivity contribution in [1.82, 2.24) is 9.62 Å². The fraction of sp³-hybridized carbons (Fsp3) is 0.273. The number of sulfonamides is 1. The minimum Gasteiger partial charge on any atom is -0.311 e. The van der Waals surface area contributed by atoms with Crippen molar-refractivity contribution in [2.24, 2.45) is 0 Å². The Hall–Kier alpha value is -2.00. The third kappa shape index (κ3) is 4.23. The summed E-state index contributed by atoms with van der Waals surface area (Å²) in [6.07, 6.45) is 0.578. The lowest BCUT2D eigenvalue weighted by Crippen LogP contribution is -2.41. The predicted molar refractivity (Wildman–Crippen MR) is 117 cm³/mol. The van der Waals surface area contributed by atoms with E-state index in [1.54, 1.807) is 18.2 Å². The summed E-state index contributed by atoms with van der Waals surface area (Å²) in [5.41, 5.74) is 0.208. The molecule has 3 aromatic rings. The maximum absolute atomic E-state index is 13.8. The zero-order valence-electron chi connectivity index (χ0n) is 16.1. The molecule has 1 aliphatic heterocycles. The van der Waals surface area contributed by atoms with Gasteiger partial charge in [0.05, 0.1) is 4.90 Å². The average molecular weight is 449 g/mol. The Morgan fingerprint density at radius 1 is 1.03 bits per heavy atom. The predicted octanol–water partition coefficient (Wildman–Crippen LogP) is 3.97. The number of nitrogens with zero attached hydrogens (tertiary/aromatic N) is 1. The summed E-state index contributed by atoms with van der Waals surface area (Å²) in [5, 5.41) is 4.81. The van der Waals surface area contributed by atoms with E-state index >= 15 is 0 Å². The molecule has 0 aliphatic carbocycles. The molecule has 2 atom stereocenters. The van der Waals surface area contributed by atoms with Gasteiger partial charge in [0.2, 0.25) is 10.0 Å². The molecule has 1 aliphatic rings. The SMILES string of the molecule is O=S(=O)(c1ccc2ccccc2c1)N1C[C@H](S)C[C@H]1CNCc1cccc(F)c1F. The van der Waals surface area contributed by atoms with Gasteiger partial charge in [0.15, 0.2) is 11.6 Å². The second-order valence-electron chi connectivity index (χ2n) is 7.47. The van der Waals surface area contributed by atoms with Crippen molar-refractivity contribution in [3.8, 4) is 0 Å². The Labute approximate surface area is 180 Å². The van der Waals surface area contributed by atoms with E-state index in [1.807, 2.05) is 24.3 Å². The Morgan fingerprint density at radius 3 is 2.60 bits per heavy atom. The van der Waals surface area contributed by atoms with E-state index in [1.165, 1.54) is 16.4 Å². The van der Waals surface area contributed by atoms with Crippen LogP contribution in [0.4, 0.5) is 8.78 Å². The molecule has 3 aromatic carbocycles.